The molecule has 0 bridgehead atoms. The van der Waals surface area contributed by atoms with Gasteiger partial charge in [0.2, 0.25) is 0 Å². The Labute approximate surface area is 224 Å². The van der Waals surface area contributed by atoms with Gasteiger partial charge >= 0.3 is 0 Å². The maximum atomic E-state index is 4.41. The zero-order valence-electron chi connectivity index (χ0n) is 22.1. The molecule has 0 unspecified atom stereocenters. The molecule has 0 N–H and O–H groups in total. The molecule has 0 spiro atoms. The Morgan fingerprint density at radius 1 is 0.737 bits per heavy atom. The summed E-state index contributed by atoms with van der Waals surface area (Å²) in [6, 6.07) is 32.4. The first-order valence-corrected chi connectivity index (χ1v) is 13.2. The second-order valence-corrected chi connectivity index (χ2v) is 10.00. The van der Waals surface area contributed by atoms with Crippen LogP contribution in [0.15, 0.2) is 109 Å². The third kappa shape index (κ3) is 4.29. The summed E-state index contributed by atoms with van der Waals surface area (Å²) in [5.74, 6) is 0. The van der Waals surface area contributed by atoms with Gasteiger partial charge in [-0.25, -0.2) is 0 Å². The van der Waals surface area contributed by atoms with Gasteiger partial charge < -0.3 is 9.80 Å². The van der Waals surface area contributed by atoms with E-state index in [1.165, 1.54) is 55.0 Å². The van der Waals surface area contributed by atoms with Crippen molar-refractivity contribution < 1.29 is 0 Å². The van der Waals surface area contributed by atoms with E-state index in [4.69, 9.17) is 0 Å². The lowest BCUT2D eigenvalue weighted by Gasteiger charge is -2.22. The molecular weight excluding hydrogens is 460 g/mol. The van der Waals surface area contributed by atoms with Crippen molar-refractivity contribution in [1.82, 2.24) is 0 Å². The van der Waals surface area contributed by atoms with Gasteiger partial charge in [0.15, 0.2) is 0 Å². The van der Waals surface area contributed by atoms with E-state index in [0.717, 1.165) is 18.2 Å². The van der Waals surface area contributed by atoms with Crippen molar-refractivity contribution in [2.75, 3.05) is 30.4 Å². The number of likely N-dealkylation sites (N-methyl/N-ethyl adjacent to an activating group) is 1. The van der Waals surface area contributed by atoms with E-state index < -0.39 is 0 Å². The average molecular weight is 493 g/mol. The van der Waals surface area contributed by atoms with Crippen LogP contribution in [-0.4, -0.2) is 20.6 Å². The second kappa shape index (κ2) is 10.1. The highest BCUT2D eigenvalue weighted by atomic mass is 15.1. The summed E-state index contributed by atoms with van der Waals surface area (Å²) in [4.78, 5) is 4.49. The Morgan fingerprint density at radius 3 is 2.26 bits per heavy atom. The van der Waals surface area contributed by atoms with Crippen LogP contribution in [0.25, 0.3) is 40.3 Å². The molecule has 6 rings (SSSR count). The number of anilines is 3. The molecule has 38 heavy (non-hydrogen) atoms. The predicted octanol–water partition coefficient (Wildman–Crippen LogP) is 7.21. The number of hydrogen-bond acceptors (Lipinski definition) is 2. The van der Waals surface area contributed by atoms with Crippen LogP contribution in [0, 0.1) is 0 Å². The summed E-state index contributed by atoms with van der Waals surface area (Å²) in [5.41, 5.74) is 6.18. The topological polar surface area (TPSA) is 6.48 Å². The second-order valence-electron chi connectivity index (χ2n) is 10.00. The first-order valence-electron chi connectivity index (χ1n) is 13.2. The van der Waals surface area contributed by atoms with Gasteiger partial charge in [-0.1, -0.05) is 91.6 Å². The number of benzene rings is 5. The van der Waals surface area contributed by atoms with Gasteiger partial charge in [0.05, 0.1) is 0 Å². The van der Waals surface area contributed by atoms with Crippen LogP contribution in [0.5, 0.6) is 0 Å². The zero-order valence-corrected chi connectivity index (χ0v) is 22.1. The molecule has 186 valence electrons. The standard InChI is InChI=1S/C36H32N2/c1-26-12-9-18-31-33-17-8-7-13-27-14-10-19-34(36(27)33)32(35(26)31)20-11-25-37(2)28-21-23-30(24-22-28)38(3)29-15-5-4-6-16-29/h4-12,14-24H,1,13,25H2,2-3H3/b20-11-. The van der Waals surface area contributed by atoms with Crippen LogP contribution in [-0.2, 0) is 6.42 Å². The first-order chi connectivity index (χ1) is 18.6. The highest BCUT2D eigenvalue weighted by Gasteiger charge is 2.13. The van der Waals surface area contributed by atoms with Crippen LogP contribution < -0.4 is 20.2 Å². The van der Waals surface area contributed by atoms with Gasteiger partial charge in [-0.15, -0.1) is 0 Å². The lowest BCUT2D eigenvalue weighted by Crippen LogP contribution is -2.17. The molecule has 0 radical (unpaired) electrons. The third-order valence-electron chi connectivity index (χ3n) is 7.64. The van der Waals surface area contributed by atoms with E-state index in [0.29, 0.717) is 0 Å². The van der Waals surface area contributed by atoms with Gasteiger partial charge in [0.1, 0.15) is 0 Å². The van der Waals surface area contributed by atoms with Crippen LogP contribution in [0.4, 0.5) is 17.1 Å². The highest BCUT2D eigenvalue weighted by Crippen LogP contribution is 2.29. The third-order valence-corrected chi connectivity index (χ3v) is 7.64. The normalized spacial score (nSPS) is 12.6. The Morgan fingerprint density at radius 2 is 1.45 bits per heavy atom. The number of nitrogens with zero attached hydrogens (tertiary/aromatic N) is 2. The summed E-state index contributed by atoms with van der Waals surface area (Å²) < 4.78 is 0. The monoisotopic (exact) mass is 492 g/mol. The Bertz CT molecular complexity index is 1800. The zero-order chi connectivity index (χ0) is 26.1. The van der Waals surface area contributed by atoms with Gasteiger partial charge in [0.25, 0.3) is 0 Å². The van der Waals surface area contributed by atoms with E-state index in [1.807, 2.05) is 6.07 Å². The molecule has 0 heterocycles. The lowest BCUT2D eigenvalue weighted by molar-refractivity contribution is 1.03. The molecule has 0 aliphatic heterocycles. The molecule has 0 saturated carbocycles. The lowest BCUT2D eigenvalue weighted by atomic mass is 9.90. The Hall–Kier alpha value is -4.56. The van der Waals surface area contributed by atoms with Crippen molar-refractivity contribution in [2.45, 2.75) is 6.42 Å². The van der Waals surface area contributed by atoms with E-state index in [2.05, 4.69) is 146 Å². The van der Waals surface area contributed by atoms with Crippen molar-refractivity contribution in [1.29, 1.82) is 0 Å². The minimum atomic E-state index is 0.811. The molecule has 0 amide bonds. The summed E-state index contributed by atoms with van der Waals surface area (Å²) in [7, 11) is 4.25. The summed E-state index contributed by atoms with van der Waals surface area (Å²) in [6.45, 7) is 5.22. The maximum absolute atomic E-state index is 4.41. The highest BCUT2D eigenvalue weighted by molar-refractivity contribution is 6.09. The fourth-order valence-electron chi connectivity index (χ4n) is 5.60. The van der Waals surface area contributed by atoms with Crippen molar-refractivity contribution in [3.8, 4) is 0 Å². The van der Waals surface area contributed by atoms with Gasteiger partial charge in [0, 0.05) is 37.7 Å². The fraction of sp³-hybridized carbons (Fsp3) is 0.111. The summed E-state index contributed by atoms with van der Waals surface area (Å²) in [6.07, 6.45) is 12.2. The number of fused-ring (bicyclic) bond motifs is 2. The van der Waals surface area contributed by atoms with Crippen molar-refractivity contribution in [3.63, 3.8) is 0 Å². The van der Waals surface area contributed by atoms with Crippen molar-refractivity contribution >= 4 is 57.3 Å². The predicted molar refractivity (Wildman–Crippen MR) is 167 cm³/mol. The van der Waals surface area contributed by atoms with E-state index in [-0.39, 0.29) is 0 Å². The van der Waals surface area contributed by atoms with Crippen LogP contribution in [0.1, 0.15) is 11.1 Å². The summed E-state index contributed by atoms with van der Waals surface area (Å²) in [5, 5.41) is 7.55. The molecular formula is C36H32N2. The number of hydrogen-bond donors (Lipinski definition) is 0. The maximum Gasteiger partial charge on any atom is 0.0409 e. The molecule has 0 saturated heterocycles. The van der Waals surface area contributed by atoms with Crippen LogP contribution >= 0.6 is 0 Å². The fourth-order valence-corrected chi connectivity index (χ4v) is 5.60. The van der Waals surface area contributed by atoms with E-state index in [9.17, 15) is 0 Å². The molecule has 5 aromatic carbocycles. The Balaban J connectivity index is 1.32. The SMILES string of the molecule is C=c1cccc2c3c4c(cccc4c(/C=C\CN(C)c4ccc(N(C)c5ccccc5)cc4)c12)CC=CC=3. The quantitative estimate of drug-likeness (QED) is 0.231. The van der Waals surface area contributed by atoms with Crippen LogP contribution in [0.2, 0.25) is 0 Å². The largest absolute Gasteiger partial charge is 0.371 e. The number of allylic oxidation sites excluding steroid dienone is 2. The number of rotatable bonds is 6. The summed E-state index contributed by atoms with van der Waals surface area (Å²) >= 11 is 0. The molecule has 0 atom stereocenters. The van der Waals surface area contributed by atoms with Crippen molar-refractivity contribution in [3.05, 3.63) is 131 Å². The average Bonchev–Trinajstić information content (AvgIpc) is 3.18. The first kappa shape index (κ1) is 23.8. The smallest absolute Gasteiger partial charge is 0.0409 e. The van der Waals surface area contributed by atoms with Gasteiger partial charge in [-0.2, -0.15) is 0 Å². The van der Waals surface area contributed by atoms with Crippen LogP contribution in [0.3, 0.4) is 0 Å². The number of para-hydroxylation sites is 1. The van der Waals surface area contributed by atoms with Crippen molar-refractivity contribution in [2.24, 2.45) is 0 Å². The molecule has 0 fully saturated rings. The molecule has 1 aliphatic carbocycles. The molecule has 0 aromatic heterocycles. The molecule has 2 nitrogen and oxygen atoms in total. The Kier molecular flexibility index (Phi) is 6.31. The molecule has 5 aromatic rings. The minimum Gasteiger partial charge on any atom is -0.371 e. The molecule has 2 heteroatoms. The van der Waals surface area contributed by atoms with E-state index >= 15 is 0 Å². The van der Waals surface area contributed by atoms with E-state index in [1.54, 1.807) is 0 Å². The van der Waals surface area contributed by atoms with Gasteiger partial charge in [-0.3, -0.25) is 0 Å². The minimum absolute atomic E-state index is 0.811. The molecule has 1 aliphatic rings. The van der Waals surface area contributed by atoms with Gasteiger partial charge in [-0.05, 0) is 85.9 Å².